The lowest BCUT2D eigenvalue weighted by Gasteiger charge is -2.43. The quantitative estimate of drug-likeness (QED) is 0.542. The molecule has 8 nitrogen and oxygen atoms in total. The summed E-state index contributed by atoms with van der Waals surface area (Å²) in [4.78, 5) is 50.0. The number of nitrogens with one attached hydrogen (secondary N) is 1. The highest BCUT2D eigenvalue weighted by atomic mass is 32.2. The number of amides is 2. The first-order chi connectivity index (χ1) is 13.3. The third kappa shape index (κ3) is 3.71. The summed E-state index contributed by atoms with van der Waals surface area (Å²) in [6, 6.07) is 7.60. The Balaban J connectivity index is 1.71. The highest BCUT2D eigenvalue weighted by Gasteiger charge is 2.66. The first-order valence-electron chi connectivity index (χ1n) is 8.81. The molecule has 3 rings (SSSR count). The summed E-state index contributed by atoms with van der Waals surface area (Å²) in [6.07, 6.45) is 0.160. The average molecular weight is 406 g/mol. The minimum absolute atomic E-state index is 0.0439. The molecule has 0 radical (unpaired) electrons. The summed E-state index contributed by atoms with van der Waals surface area (Å²) >= 11 is 1.33. The first kappa shape index (κ1) is 20.2. The number of benzene rings is 1. The highest BCUT2D eigenvalue weighted by Crippen LogP contribution is 2.51. The van der Waals surface area contributed by atoms with E-state index >= 15 is 0 Å². The van der Waals surface area contributed by atoms with Gasteiger partial charge in [0.25, 0.3) is 0 Å². The van der Waals surface area contributed by atoms with E-state index in [0.29, 0.717) is 0 Å². The predicted molar refractivity (Wildman–Crippen MR) is 101 cm³/mol. The van der Waals surface area contributed by atoms with Gasteiger partial charge in [-0.3, -0.25) is 14.4 Å². The summed E-state index contributed by atoms with van der Waals surface area (Å²) in [6.45, 7) is 2.98. The van der Waals surface area contributed by atoms with Gasteiger partial charge in [0, 0.05) is 6.92 Å². The van der Waals surface area contributed by atoms with E-state index in [9.17, 15) is 19.2 Å². The zero-order valence-electron chi connectivity index (χ0n) is 15.8. The van der Waals surface area contributed by atoms with E-state index in [1.165, 1.54) is 30.7 Å². The lowest BCUT2D eigenvalue weighted by Crippen LogP contribution is -2.71. The summed E-state index contributed by atoms with van der Waals surface area (Å²) in [5, 5.41) is 2.34. The molecule has 2 heterocycles. The second kappa shape index (κ2) is 7.83. The fraction of sp³-hybridized carbons (Fsp3) is 0.474. The number of hydrogen-bond donors (Lipinski definition) is 1. The van der Waals surface area contributed by atoms with Crippen molar-refractivity contribution in [1.29, 1.82) is 0 Å². The van der Waals surface area contributed by atoms with E-state index in [1.807, 2.05) is 30.3 Å². The van der Waals surface area contributed by atoms with E-state index in [1.54, 1.807) is 6.92 Å². The van der Waals surface area contributed by atoms with E-state index in [4.69, 9.17) is 9.47 Å². The minimum Gasteiger partial charge on any atom is -0.467 e. The zero-order chi connectivity index (χ0) is 20.5. The molecule has 2 saturated heterocycles. The fourth-order valence-corrected chi connectivity index (χ4v) is 5.17. The molecule has 2 fully saturated rings. The van der Waals surface area contributed by atoms with Gasteiger partial charge in [-0.1, -0.05) is 30.3 Å². The third-order valence-corrected chi connectivity index (χ3v) is 6.46. The van der Waals surface area contributed by atoms with Crippen LogP contribution in [0.4, 0.5) is 0 Å². The molecule has 2 aliphatic heterocycles. The van der Waals surface area contributed by atoms with Crippen molar-refractivity contribution >= 4 is 35.5 Å². The summed E-state index contributed by atoms with van der Waals surface area (Å²) in [5.74, 6) is -1.67. The number of hydrogen-bond acceptors (Lipinski definition) is 7. The maximum atomic E-state index is 12.7. The van der Waals surface area contributed by atoms with Crippen LogP contribution < -0.4 is 5.32 Å². The smallest absolute Gasteiger partial charge is 0.330 e. The molecule has 0 aliphatic carbocycles. The van der Waals surface area contributed by atoms with Crippen molar-refractivity contribution in [2.45, 2.75) is 42.5 Å². The molecule has 4 unspecified atom stereocenters. The molecule has 0 spiro atoms. The molecule has 1 aromatic carbocycles. The molecule has 0 aromatic heterocycles. The van der Waals surface area contributed by atoms with Crippen molar-refractivity contribution in [2.24, 2.45) is 0 Å². The second-order valence-corrected chi connectivity index (χ2v) is 8.63. The maximum absolute atomic E-state index is 12.7. The van der Waals surface area contributed by atoms with E-state index in [0.717, 1.165) is 5.56 Å². The van der Waals surface area contributed by atoms with Gasteiger partial charge < -0.3 is 19.7 Å². The van der Waals surface area contributed by atoms with Gasteiger partial charge in [-0.25, -0.2) is 4.79 Å². The predicted octanol–water partition coefficient (Wildman–Crippen LogP) is 0.492. The van der Waals surface area contributed by atoms with E-state index in [-0.39, 0.29) is 24.8 Å². The molecule has 0 bridgehead atoms. The number of carbonyl (C=O) groups is 4. The second-order valence-electron chi connectivity index (χ2n) is 6.98. The Bertz CT molecular complexity index is 801. The van der Waals surface area contributed by atoms with Gasteiger partial charge in [0.05, 0.1) is 18.3 Å². The van der Waals surface area contributed by atoms with Crippen LogP contribution in [0.5, 0.6) is 0 Å². The number of β-lactam (4-membered cyclic amide) rings is 1. The topological polar surface area (TPSA) is 102 Å². The molecule has 28 heavy (non-hydrogen) atoms. The average Bonchev–Trinajstić information content (AvgIpc) is 2.95. The molecule has 1 aromatic rings. The Morgan fingerprint density at radius 1 is 1.25 bits per heavy atom. The first-order valence-corrected chi connectivity index (χ1v) is 9.69. The summed E-state index contributed by atoms with van der Waals surface area (Å²) in [5.41, 5.74) is 0.842. The Morgan fingerprint density at radius 3 is 2.54 bits per heavy atom. The van der Waals surface area contributed by atoms with Gasteiger partial charge in [0.1, 0.15) is 24.1 Å². The monoisotopic (exact) mass is 406 g/mol. The number of methoxy groups -OCH3 is 1. The molecule has 150 valence electrons. The number of fused-ring (bicyclic) bond motifs is 1. The van der Waals surface area contributed by atoms with E-state index in [2.05, 4.69) is 5.32 Å². The fourth-order valence-electron chi connectivity index (χ4n) is 3.49. The number of rotatable bonds is 6. The van der Waals surface area contributed by atoms with E-state index < -0.39 is 34.1 Å². The molecule has 1 N–H and O–H groups in total. The van der Waals surface area contributed by atoms with Crippen molar-refractivity contribution in [2.75, 3.05) is 13.7 Å². The largest absolute Gasteiger partial charge is 0.467 e. The van der Waals surface area contributed by atoms with Crippen LogP contribution in [0.1, 0.15) is 19.4 Å². The lowest BCUT2D eigenvalue weighted by atomic mass is 9.95. The molecule has 0 saturated carbocycles. The third-order valence-electron chi connectivity index (χ3n) is 4.84. The SMILES string of the molecule is COC(=O)C1N2C(=O)C(NC(=O)Cc3ccccc3)C2SC1(C)COC(C)=O. The van der Waals surface area contributed by atoms with Gasteiger partial charge in [-0.2, -0.15) is 0 Å². The lowest BCUT2D eigenvalue weighted by molar-refractivity contribution is -0.164. The summed E-state index contributed by atoms with van der Waals surface area (Å²) < 4.78 is 9.11. The van der Waals surface area contributed by atoms with Crippen LogP contribution >= 0.6 is 11.8 Å². The van der Waals surface area contributed by atoms with Crippen molar-refractivity contribution in [3.63, 3.8) is 0 Å². The standard InChI is InChI=1S/C19H22N2O6S/c1-11(22)27-10-19(2)15(18(25)26-3)21-16(24)14(17(21)28-19)20-13(23)9-12-7-5-4-6-8-12/h4-8,14-15,17H,9-10H2,1-3H3,(H,20,23). The maximum Gasteiger partial charge on any atom is 0.330 e. The molecule has 4 atom stereocenters. The van der Waals surface area contributed by atoms with Crippen LogP contribution in [-0.2, 0) is 35.1 Å². The van der Waals surface area contributed by atoms with Crippen LogP contribution in [0, 0.1) is 0 Å². The number of ether oxygens (including phenoxy) is 2. The van der Waals surface area contributed by atoms with Crippen LogP contribution in [0.15, 0.2) is 30.3 Å². The van der Waals surface area contributed by atoms with Crippen molar-refractivity contribution in [1.82, 2.24) is 10.2 Å². The van der Waals surface area contributed by atoms with Crippen LogP contribution in [0.3, 0.4) is 0 Å². The molecule has 2 aliphatic rings. The Kier molecular flexibility index (Phi) is 5.64. The van der Waals surface area contributed by atoms with Gasteiger partial charge in [-0.15, -0.1) is 11.8 Å². The number of carbonyl (C=O) groups excluding carboxylic acids is 4. The van der Waals surface area contributed by atoms with Crippen molar-refractivity contribution in [3.05, 3.63) is 35.9 Å². The normalized spacial score (nSPS) is 28.2. The molecular weight excluding hydrogens is 384 g/mol. The number of thioether (sulfide) groups is 1. The Hall–Kier alpha value is -2.55. The Morgan fingerprint density at radius 2 is 1.93 bits per heavy atom. The highest BCUT2D eigenvalue weighted by molar-refractivity contribution is 8.01. The van der Waals surface area contributed by atoms with Crippen LogP contribution in [0.25, 0.3) is 0 Å². The zero-order valence-corrected chi connectivity index (χ0v) is 16.7. The van der Waals surface area contributed by atoms with Crippen LogP contribution in [-0.4, -0.2) is 64.6 Å². The van der Waals surface area contributed by atoms with Crippen LogP contribution in [0.2, 0.25) is 0 Å². The minimum atomic E-state index is -0.887. The molecule has 2 amide bonds. The van der Waals surface area contributed by atoms with Gasteiger partial charge >= 0.3 is 11.9 Å². The number of esters is 2. The van der Waals surface area contributed by atoms with Gasteiger partial charge in [-0.05, 0) is 12.5 Å². The summed E-state index contributed by atoms with van der Waals surface area (Å²) in [7, 11) is 1.25. The van der Waals surface area contributed by atoms with Crippen molar-refractivity contribution in [3.8, 4) is 0 Å². The Labute approximate surface area is 166 Å². The van der Waals surface area contributed by atoms with Gasteiger partial charge in [0.15, 0.2) is 0 Å². The molecule has 9 heteroatoms. The van der Waals surface area contributed by atoms with Gasteiger partial charge in [0.2, 0.25) is 11.8 Å². The van der Waals surface area contributed by atoms with Crippen molar-refractivity contribution < 1.29 is 28.7 Å². The number of nitrogens with zero attached hydrogens (tertiary/aromatic N) is 1. The molecular formula is C19H22N2O6S.